The Morgan fingerprint density at radius 2 is 1.90 bits per heavy atom. The SMILES string of the molecule is CNCC(O)CC(O)NC. The molecule has 62 valence electrons. The molecular weight excluding hydrogens is 132 g/mol. The highest BCUT2D eigenvalue weighted by Gasteiger charge is 2.07. The number of hydrogen-bond acceptors (Lipinski definition) is 4. The van der Waals surface area contributed by atoms with Crippen LogP contribution in [0.3, 0.4) is 0 Å². The Hall–Kier alpha value is -0.160. The van der Waals surface area contributed by atoms with E-state index in [0.29, 0.717) is 13.0 Å². The molecule has 2 atom stereocenters. The van der Waals surface area contributed by atoms with Crippen LogP contribution in [-0.2, 0) is 0 Å². The van der Waals surface area contributed by atoms with Gasteiger partial charge in [-0.05, 0) is 14.1 Å². The zero-order valence-corrected chi connectivity index (χ0v) is 6.46. The molecule has 0 heterocycles. The van der Waals surface area contributed by atoms with Gasteiger partial charge in [0, 0.05) is 13.0 Å². The molecule has 0 aliphatic carbocycles. The van der Waals surface area contributed by atoms with Crippen molar-refractivity contribution >= 4 is 0 Å². The molecule has 0 saturated heterocycles. The van der Waals surface area contributed by atoms with E-state index in [1.807, 2.05) is 0 Å². The van der Waals surface area contributed by atoms with Gasteiger partial charge >= 0.3 is 0 Å². The number of nitrogens with one attached hydrogen (secondary N) is 2. The lowest BCUT2D eigenvalue weighted by Crippen LogP contribution is -2.33. The van der Waals surface area contributed by atoms with Crippen LogP contribution in [0.5, 0.6) is 0 Å². The topological polar surface area (TPSA) is 64.5 Å². The van der Waals surface area contributed by atoms with Crippen LogP contribution in [0, 0.1) is 0 Å². The summed E-state index contributed by atoms with van der Waals surface area (Å²) in [7, 11) is 3.41. The van der Waals surface area contributed by atoms with Gasteiger partial charge in [-0.15, -0.1) is 0 Å². The van der Waals surface area contributed by atoms with E-state index in [1.54, 1.807) is 14.1 Å². The molecule has 4 nitrogen and oxygen atoms in total. The predicted molar refractivity (Wildman–Crippen MR) is 39.6 cm³/mol. The molecule has 0 radical (unpaired) electrons. The van der Waals surface area contributed by atoms with Gasteiger partial charge in [0.15, 0.2) is 0 Å². The monoisotopic (exact) mass is 148 g/mol. The minimum atomic E-state index is -0.608. The number of aliphatic hydroxyl groups is 2. The minimum absolute atomic E-state index is 0.358. The number of aliphatic hydroxyl groups excluding tert-OH is 2. The van der Waals surface area contributed by atoms with Crippen LogP contribution < -0.4 is 10.6 Å². The highest BCUT2D eigenvalue weighted by molar-refractivity contribution is 4.61. The van der Waals surface area contributed by atoms with Gasteiger partial charge < -0.3 is 15.5 Å². The van der Waals surface area contributed by atoms with E-state index in [9.17, 15) is 0 Å². The molecule has 0 aromatic heterocycles. The third kappa shape index (κ3) is 4.69. The first kappa shape index (κ1) is 9.84. The molecule has 2 unspecified atom stereocenters. The first-order chi connectivity index (χ1) is 4.70. The fourth-order valence-electron chi connectivity index (χ4n) is 0.695. The Morgan fingerprint density at radius 3 is 2.30 bits per heavy atom. The molecule has 0 aliphatic rings. The van der Waals surface area contributed by atoms with Crippen molar-refractivity contribution in [3.8, 4) is 0 Å². The lowest BCUT2D eigenvalue weighted by atomic mass is 10.2. The van der Waals surface area contributed by atoms with Crippen LogP contribution in [0.15, 0.2) is 0 Å². The van der Waals surface area contributed by atoms with E-state index in [1.165, 1.54) is 0 Å². The molecule has 0 bridgehead atoms. The maximum absolute atomic E-state index is 9.09. The van der Waals surface area contributed by atoms with Gasteiger partial charge in [0.25, 0.3) is 0 Å². The summed E-state index contributed by atoms with van der Waals surface area (Å²) in [5, 5.41) is 23.5. The smallest absolute Gasteiger partial charge is 0.107 e. The van der Waals surface area contributed by atoms with E-state index in [-0.39, 0.29) is 0 Å². The highest BCUT2D eigenvalue weighted by Crippen LogP contribution is 1.92. The minimum Gasteiger partial charge on any atom is -0.392 e. The summed E-state index contributed by atoms with van der Waals surface area (Å²) in [6.07, 6.45) is -0.729. The Bertz CT molecular complexity index is 80.1. The fraction of sp³-hybridized carbons (Fsp3) is 1.00. The number of rotatable bonds is 5. The van der Waals surface area contributed by atoms with E-state index < -0.39 is 12.3 Å². The van der Waals surface area contributed by atoms with Crippen LogP contribution in [0.2, 0.25) is 0 Å². The molecule has 4 heteroatoms. The quantitative estimate of drug-likeness (QED) is 0.358. The van der Waals surface area contributed by atoms with Crippen LogP contribution in [-0.4, -0.2) is 43.2 Å². The summed E-state index contributed by atoms with van der Waals surface area (Å²) in [5.74, 6) is 0. The third-order valence-corrected chi connectivity index (χ3v) is 1.27. The second-order valence-electron chi connectivity index (χ2n) is 2.25. The van der Waals surface area contributed by atoms with Crippen LogP contribution >= 0.6 is 0 Å². The van der Waals surface area contributed by atoms with E-state index in [0.717, 1.165) is 0 Å². The zero-order valence-electron chi connectivity index (χ0n) is 6.46. The van der Waals surface area contributed by atoms with Gasteiger partial charge in [-0.2, -0.15) is 0 Å². The van der Waals surface area contributed by atoms with Crippen molar-refractivity contribution in [1.29, 1.82) is 0 Å². The molecule has 0 amide bonds. The molecule has 0 saturated carbocycles. The van der Waals surface area contributed by atoms with Gasteiger partial charge in [-0.3, -0.25) is 5.32 Å². The van der Waals surface area contributed by atoms with E-state index in [4.69, 9.17) is 10.2 Å². The van der Waals surface area contributed by atoms with Gasteiger partial charge in [0.1, 0.15) is 6.23 Å². The molecule has 0 rings (SSSR count). The summed E-state index contributed by atoms with van der Waals surface area (Å²) >= 11 is 0. The van der Waals surface area contributed by atoms with Crippen LogP contribution in [0.4, 0.5) is 0 Å². The molecular formula is C6H16N2O2. The number of likely N-dealkylation sites (N-methyl/N-ethyl adjacent to an activating group) is 1. The summed E-state index contributed by atoms with van der Waals surface area (Å²) in [5.41, 5.74) is 0. The van der Waals surface area contributed by atoms with Crippen molar-refractivity contribution < 1.29 is 10.2 Å². The molecule has 0 fully saturated rings. The van der Waals surface area contributed by atoms with Crippen molar-refractivity contribution in [2.24, 2.45) is 0 Å². The summed E-state index contributed by atoms with van der Waals surface area (Å²) < 4.78 is 0. The van der Waals surface area contributed by atoms with Crippen LogP contribution in [0.1, 0.15) is 6.42 Å². The average Bonchev–Trinajstić information content (AvgIpc) is 1.88. The second kappa shape index (κ2) is 5.61. The lowest BCUT2D eigenvalue weighted by molar-refractivity contribution is 0.0662. The first-order valence-electron chi connectivity index (χ1n) is 3.38. The van der Waals surface area contributed by atoms with Crippen molar-refractivity contribution in [3.63, 3.8) is 0 Å². The maximum atomic E-state index is 9.09. The largest absolute Gasteiger partial charge is 0.392 e. The van der Waals surface area contributed by atoms with Crippen molar-refractivity contribution in [3.05, 3.63) is 0 Å². The van der Waals surface area contributed by atoms with Gasteiger partial charge in [-0.1, -0.05) is 0 Å². The van der Waals surface area contributed by atoms with Crippen molar-refractivity contribution in [2.45, 2.75) is 18.8 Å². The number of hydrogen-bond donors (Lipinski definition) is 4. The molecule has 0 aromatic rings. The normalized spacial score (nSPS) is 16.8. The lowest BCUT2D eigenvalue weighted by Gasteiger charge is -2.13. The molecule has 10 heavy (non-hydrogen) atoms. The first-order valence-corrected chi connectivity index (χ1v) is 3.38. The Kier molecular flexibility index (Phi) is 5.52. The summed E-state index contributed by atoms with van der Waals surface area (Å²) in [6.45, 7) is 0.513. The van der Waals surface area contributed by atoms with Crippen LogP contribution in [0.25, 0.3) is 0 Å². The highest BCUT2D eigenvalue weighted by atomic mass is 16.3. The molecule has 4 N–H and O–H groups in total. The van der Waals surface area contributed by atoms with Gasteiger partial charge in [0.2, 0.25) is 0 Å². The average molecular weight is 148 g/mol. The predicted octanol–water partition coefficient (Wildman–Crippen LogP) is -1.51. The molecule has 0 aliphatic heterocycles. The van der Waals surface area contributed by atoms with E-state index in [2.05, 4.69) is 10.6 Å². The second-order valence-corrected chi connectivity index (χ2v) is 2.25. The van der Waals surface area contributed by atoms with Gasteiger partial charge in [-0.25, -0.2) is 0 Å². The maximum Gasteiger partial charge on any atom is 0.107 e. The zero-order chi connectivity index (χ0) is 7.98. The Balaban J connectivity index is 3.27. The Morgan fingerprint density at radius 1 is 1.30 bits per heavy atom. The summed E-state index contributed by atoms with van der Waals surface area (Å²) in [6, 6.07) is 0. The van der Waals surface area contributed by atoms with Crippen molar-refractivity contribution in [2.75, 3.05) is 20.6 Å². The standard InChI is InChI=1S/C6H16N2O2/c1-7-4-5(9)3-6(10)8-2/h5-10H,3-4H2,1-2H3. The summed E-state index contributed by atoms with van der Waals surface area (Å²) in [4.78, 5) is 0. The van der Waals surface area contributed by atoms with Gasteiger partial charge in [0.05, 0.1) is 6.10 Å². The van der Waals surface area contributed by atoms with Crippen molar-refractivity contribution in [1.82, 2.24) is 10.6 Å². The Labute approximate surface area is 61.3 Å². The molecule has 0 aromatic carbocycles. The fourth-order valence-corrected chi connectivity index (χ4v) is 0.695. The third-order valence-electron chi connectivity index (χ3n) is 1.27. The molecule has 0 spiro atoms. The van der Waals surface area contributed by atoms with E-state index >= 15 is 0 Å².